The third kappa shape index (κ3) is 2.52. The topological polar surface area (TPSA) is 101 Å². The highest BCUT2D eigenvalue weighted by Gasteiger charge is 2.26. The summed E-state index contributed by atoms with van der Waals surface area (Å²) in [4.78, 5) is 24.3. The molecule has 0 aromatic carbocycles. The second-order valence-electron chi connectivity index (χ2n) is 3.92. The van der Waals surface area contributed by atoms with Crippen LogP contribution in [0.3, 0.4) is 0 Å². The molecule has 1 aliphatic heterocycles. The molecule has 1 saturated heterocycles. The Hall–Kier alpha value is -2.29. The van der Waals surface area contributed by atoms with Gasteiger partial charge in [0.25, 0.3) is 11.1 Å². The van der Waals surface area contributed by atoms with Gasteiger partial charge in [-0.15, -0.1) is 10.2 Å². The number of furan rings is 1. The molecule has 1 N–H and O–H groups in total. The molecule has 9 heteroatoms. The minimum Gasteiger partial charge on any atom is -0.459 e. The molecule has 1 aliphatic rings. The minimum absolute atomic E-state index is 0.0627. The lowest BCUT2D eigenvalue weighted by molar-refractivity contribution is -0.124. The first kappa shape index (κ1) is 12.7. The van der Waals surface area contributed by atoms with Gasteiger partial charge in [0.2, 0.25) is 5.91 Å². The van der Waals surface area contributed by atoms with Crippen LogP contribution in [-0.2, 0) is 4.79 Å². The summed E-state index contributed by atoms with van der Waals surface area (Å²) in [6, 6.07) is 3.04. The number of nitrogens with zero attached hydrogens (tertiary/aromatic N) is 3. The lowest BCUT2D eigenvalue weighted by Crippen LogP contribution is -2.35. The van der Waals surface area contributed by atoms with Crippen LogP contribution < -0.4 is 5.32 Å². The Morgan fingerprint density at radius 1 is 1.50 bits per heavy atom. The summed E-state index contributed by atoms with van der Waals surface area (Å²) in [5, 5.41) is 10.4. The zero-order valence-electron chi connectivity index (χ0n) is 10.2. The summed E-state index contributed by atoms with van der Waals surface area (Å²) in [6.07, 6.45) is 1.50. The van der Waals surface area contributed by atoms with Gasteiger partial charge < -0.3 is 14.2 Å². The number of thioether (sulfide) groups is 1. The number of hydrogen-bond acceptors (Lipinski definition) is 7. The van der Waals surface area contributed by atoms with Crippen LogP contribution in [0.4, 0.5) is 4.79 Å². The molecule has 1 fully saturated rings. The summed E-state index contributed by atoms with van der Waals surface area (Å²) in [5.41, 5.74) is 0. The van der Waals surface area contributed by atoms with Crippen molar-refractivity contribution in [2.75, 3.05) is 18.8 Å². The van der Waals surface area contributed by atoms with Crippen molar-refractivity contribution in [2.45, 2.75) is 5.22 Å². The number of hydrogen-bond donors (Lipinski definition) is 1. The Labute approximate surface area is 117 Å². The van der Waals surface area contributed by atoms with E-state index >= 15 is 0 Å². The molecule has 3 rings (SSSR count). The Bertz CT molecular complexity index is 624. The maximum Gasteiger partial charge on any atom is 0.324 e. The molecule has 2 aromatic heterocycles. The van der Waals surface area contributed by atoms with Gasteiger partial charge in [-0.2, -0.15) is 0 Å². The third-order valence-corrected chi connectivity index (χ3v) is 3.42. The lowest BCUT2D eigenvalue weighted by Gasteiger charge is -2.10. The van der Waals surface area contributed by atoms with E-state index in [0.717, 1.165) is 16.7 Å². The molecule has 0 saturated carbocycles. The number of rotatable bonds is 4. The summed E-state index contributed by atoms with van der Waals surface area (Å²) in [6.45, 7) is 0.873. The standard InChI is InChI=1S/C11H10N4O4S/c16-8(15-4-3-12-10(15)17)6-20-11-14-13-9(19-11)7-2-1-5-18-7/h1-2,5H,3-4,6H2,(H,12,17). The molecule has 0 atom stereocenters. The zero-order chi connectivity index (χ0) is 13.9. The predicted octanol–water partition coefficient (Wildman–Crippen LogP) is 0.974. The predicted molar refractivity (Wildman–Crippen MR) is 67.8 cm³/mol. The maximum absolute atomic E-state index is 11.8. The highest BCUT2D eigenvalue weighted by atomic mass is 32.2. The molecular formula is C11H10N4O4S. The molecule has 0 bridgehead atoms. The molecular weight excluding hydrogens is 284 g/mol. The van der Waals surface area contributed by atoms with Crippen molar-refractivity contribution in [3.63, 3.8) is 0 Å². The van der Waals surface area contributed by atoms with E-state index in [2.05, 4.69) is 15.5 Å². The molecule has 2 aromatic rings. The number of aromatic nitrogens is 2. The molecule has 8 nitrogen and oxygen atoms in total. The quantitative estimate of drug-likeness (QED) is 0.838. The van der Waals surface area contributed by atoms with Crippen molar-refractivity contribution in [2.24, 2.45) is 0 Å². The summed E-state index contributed by atoms with van der Waals surface area (Å²) in [5.74, 6) is 0.494. The normalized spacial score (nSPS) is 14.6. The van der Waals surface area contributed by atoms with Crippen LogP contribution in [0, 0.1) is 0 Å². The van der Waals surface area contributed by atoms with Gasteiger partial charge in [-0.25, -0.2) is 4.79 Å². The van der Waals surface area contributed by atoms with Crippen LogP contribution in [0.15, 0.2) is 32.5 Å². The van der Waals surface area contributed by atoms with Crippen LogP contribution in [0.5, 0.6) is 0 Å². The highest BCUT2D eigenvalue weighted by molar-refractivity contribution is 7.99. The van der Waals surface area contributed by atoms with E-state index in [4.69, 9.17) is 8.83 Å². The minimum atomic E-state index is -0.364. The number of imide groups is 1. The number of carbonyl (C=O) groups is 2. The average Bonchev–Trinajstić information content (AvgIpc) is 3.16. The van der Waals surface area contributed by atoms with Gasteiger partial charge in [-0.1, -0.05) is 11.8 Å². The van der Waals surface area contributed by atoms with Crippen LogP contribution in [0.1, 0.15) is 0 Å². The monoisotopic (exact) mass is 294 g/mol. The number of nitrogens with one attached hydrogen (secondary N) is 1. The second-order valence-corrected chi connectivity index (χ2v) is 4.84. The second kappa shape index (κ2) is 5.37. The number of urea groups is 1. The van der Waals surface area contributed by atoms with Crippen molar-refractivity contribution in [3.8, 4) is 11.7 Å². The Balaban J connectivity index is 1.59. The number of amides is 3. The van der Waals surface area contributed by atoms with E-state index in [9.17, 15) is 9.59 Å². The summed E-state index contributed by atoms with van der Waals surface area (Å²) in [7, 11) is 0. The summed E-state index contributed by atoms with van der Waals surface area (Å²) >= 11 is 1.08. The first-order valence-electron chi connectivity index (χ1n) is 5.82. The SMILES string of the molecule is O=C(CSc1nnc(-c2ccco2)o1)N1CCNC1=O. The van der Waals surface area contributed by atoms with Crippen LogP contribution >= 0.6 is 11.8 Å². The first-order chi connectivity index (χ1) is 9.74. The lowest BCUT2D eigenvalue weighted by atomic mass is 10.5. The van der Waals surface area contributed by atoms with Gasteiger partial charge in [0, 0.05) is 13.1 Å². The largest absolute Gasteiger partial charge is 0.459 e. The first-order valence-corrected chi connectivity index (χ1v) is 6.81. The van der Waals surface area contributed by atoms with Gasteiger partial charge in [-0.05, 0) is 12.1 Å². The van der Waals surface area contributed by atoms with Gasteiger partial charge in [0.1, 0.15) is 0 Å². The molecule has 0 spiro atoms. The Morgan fingerprint density at radius 2 is 2.40 bits per heavy atom. The average molecular weight is 294 g/mol. The molecule has 0 unspecified atom stereocenters. The van der Waals surface area contributed by atoms with Crippen LogP contribution in [-0.4, -0.2) is 45.9 Å². The fourth-order valence-electron chi connectivity index (χ4n) is 1.68. The smallest absolute Gasteiger partial charge is 0.324 e. The van der Waals surface area contributed by atoms with Crippen molar-refractivity contribution < 1.29 is 18.4 Å². The van der Waals surface area contributed by atoms with Gasteiger partial charge in [-0.3, -0.25) is 9.69 Å². The summed E-state index contributed by atoms with van der Waals surface area (Å²) < 4.78 is 10.5. The fourth-order valence-corrected chi connectivity index (χ4v) is 2.32. The van der Waals surface area contributed by atoms with Crippen molar-refractivity contribution >= 4 is 23.7 Å². The molecule has 0 aliphatic carbocycles. The van der Waals surface area contributed by atoms with E-state index in [1.165, 1.54) is 6.26 Å². The molecule has 20 heavy (non-hydrogen) atoms. The third-order valence-electron chi connectivity index (χ3n) is 2.62. The zero-order valence-corrected chi connectivity index (χ0v) is 11.1. The Kier molecular flexibility index (Phi) is 3.42. The molecule has 0 radical (unpaired) electrons. The van der Waals surface area contributed by atoms with Crippen molar-refractivity contribution in [1.82, 2.24) is 20.4 Å². The van der Waals surface area contributed by atoms with Crippen molar-refractivity contribution in [3.05, 3.63) is 18.4 Å². The van der Waals surface area contributed by atoms with Crippen LogP contribution in [0.2, 0.25) is 0 Å². The maximum atomic E-state index is 11.8. The van der Waals surface area contributed by atoms with Crippen LogP contribution in [0.25, 0.3) is 11.7 Å². The van der Waals surface area contributed by atoms with E-state index in [1.54, 1.807) is 12.1 Å². The molecule has 3 amide bonds. The van der Waals surface area contributed by atoms with Gasteiger partial charge >= 0.3 is 6.03 Å². The van der Waals surface area contributed by atoms with E-state index in [-0.39, 0.29) is 28.8 Å². The molecule has 3 heterocycles. The van der Waals surface area contributed by atoms with Gasteiger partial charge in [0.05, 0.1) is 12.0 Å². The molecule has 104 valence electrons. The van der Waals surface area contributed by atoms with E-state index in [1.807, 2.05) is 0 Å². The number of carbonyl (C=O) groups excluding carboxylic acids is 2. The highest BCUT2D eigenvalue weighted by Crippen LogP contribution is 2.23. The fraction of sp³-hybridized carbons (Fsp3) is 0.273. The van der Waals surface area contributed by atoms with E-state index < -0.39 is 0 Å². The Morgan fingerprint density at radius 3 is 3.10 bits per heavy atom. The van der Waals surface area contributed by atoms with Crippen molar-refractivity contribution in [1.29, 1.82) is 0 Å². The van der Waals surface area contributed by atoms with E-state index in [0.29, 0.717) is 18.8 Å². The van der Waals surface area contributed by atoms with Gasteiger partial charge in [0.15, 0.2) is 5.76 Å².